The predicted octanol–water partition coefficient (Wildman–Crippen LogP) is 5.84. The van der Waals surface area contributed by atoms with Crippen molar-refractivity contribution in [1.29, 1.82) is 0 Å². The van der Waals surface area contributed by atoms with E-state index in [2.05, 4.69) is 5.32 Å². The molecule has 0 aliphatic rings. The van der Waals surface area contributed by atoms with Crippen molar-refractivity contribution >= 4 is 50.7 Å². The molecule has 3 rings (SSSR count). The molecule has 220 valence electrons. The Labute approximate surface area is 251 Å². The summed E-state index contributed by atoms with van der Waals surface area (Å²) in [5.41, 5.74) is 1.86. The van der Waals surface area contributed by atoms with Crippen LogP contribution in [0.3, 0.4) is 0 Å². The fourth-order valence-electron chi connectivity index (χ4n) is 4.38. The molecule has 11 heteroatoms. The van der Waals surface area contributed by atoms with E-state index < -0.39 is 21.9 Å². The zero-order valence-corrected chi connectivity index (χ0v) is 25.5. The SMILES string of the molecule is CC(C)NC(=O)C(Cc1ccccc1)N(Cc1ccc(Cl)c(Cl)c1)C(=O)CCCN(c1ccc(F)cc1)S(C)(=O)=O. The van der Waals surface area contributed by atoms with Crippen molar-refractivity contribution in [1.82, 2.24) is 10.2 Å². The van der Waals surface area contributed by atoms with E-state index >= 15 is 0 Å². The Bertz CT molecular complexity index is 1440. The first-order chi connectivity index (χ1) is 19.3. The molecule has 0 saturated heterocycles. The quantitative estimate of drug-likeness (QED) is 0.260. The first-order valence-corrected chi connectivity index (χ1v) is 15.8. The number of amides is 2. The summed E-state index contributed by atoms with van der Waals surface area (Å²) in [6.45, 7) is 3.78. The van der Waals surface area contributed by atoms with E-state index in [-0.39, 0.29) is 50.2 Å². The molecule has 3 aromatic carbocycles. The molecule has 0 aromatic heterocycles. The number of nitrogens with zero attached hydrogens (tertiary/aromatic N) is 2. The molecule has 3 aromatic rings. The number of rotatable bonds is 13. The number of sulfonamides is 1. The Morgan fingerprint density at radius 3 is 2.17 bits per heavy atom. The van der Waals surface area contributed by atoms with Crippen LogP contribution in [0.25, 0.3) is 0 Å². The maximum atomic E-state index is 13.8. The van der Waals surface area contributed by atoms with Gasteiger partial charge in [-0.3, -0.25) is 13.9 Å². The predicted molar refractivity (Wildman–Crippen MR) is 162 cm³/mol. The lowest BCUT2D eigenvalue weighted by atomic mass is 10.0. The highest BCUT2D eigenvalue weighted by Crippen LogP contribution is 2.25. The Morgan fingerprint density at radius 2 is 1.59 bits per heavy atom. The second-order valence-electron chi connectivity index (χ2n) is 10.1. The summed E-state index contributed by atoms with van der Waals surface area (Å²) in [4.78, 5) is 28.8. The maximum absolute atomic E-state index is 13.8. The summed E-state index contributed by atoms with van der Waals surface area (Å²) >= 11 is 12.3. The fraction of sp³-hybridized carbons (Fsp3) is 0.333. The monoisotopic (exact) mass is 621 g/mol. The van der Waals surface area contributed by atoms with Crippen LogP contribution in [0.2, 0.25) is 10.0 Å². The van der Waals surface area contributed by atoms with Crippen molar-refractivity contribution in [2.45, 2.75) is 51.7 Å². The van der Waals surface area contributed by atoms with Gasteiger partial charge in [0.2, 0.25) is 21.8 Å². The van der Waals surface area contributed by atoms with E-state index in [9.17, 15) is 22.4 Å². The number of halogens is 3. The lowest BCUT2D eigenvalue weighted by molar-refractivity contribution is -0.141. The first kappa shape index (κ1) is 32.4. The van der Waals surface area contributed by atoms with Crippen LogP contribution in [-0.2, 0) is 32.6 Å². The molecule has 0 aliphatic carbocycles. The highest BCUT2D eigenvalue weighted by Gasteiger charge is 2.31. The summed E-state index contributed by atoms with van der Waals surface area (Å²) in [6.07, 6.45) is 1.47. The van der Waals surface area contributed by atoms with Gasteiger partial charge in [-0.05, 0) is 67.8 Å². The Hall–Kier alpha value is -3.14. The standard InChI is InChI=1S/C30H34Cl2FN3O4S/c1-21(2)34-30(38)28(19-22-8-5-4-6-9-22)35(20-23-11-16-26(31)27(32)18-23)29(37)10-7-17-36(41(3,39)40)25-14-12-24(33)13-15-25/h4-6,8-9,11-16,18,21,28H,7,10,17,19-20H2,1-3H3,(H,34,38). The van der Waals surface area contributed by atoms with Gasteiger partial charge in [-0.15, -0.1) is 0 Å². The number of carbonyl (C=O) groups excluding carboxylic acids is 2. The van der Waals surface area contributed by atoms with Gasteiger partial charge in [0, 0.05) is 32.0 Å². The average molecular weight is 623 g/mol. The summed E-state index contributed by atoms with van der Waals surface area (Å²) in [5.74, 6) is -1.12. The van der Waals surface area contributed by atoms with Gasteiger partial charge in [0.25, 0.3) is 0 Å². The number of hydrogen-bond donors (Lipinski definition) is 1. The molecule has 0 bridgehead atoms. The van der Waals surface area contributed by atoms with Crippen molar-refractivity contribution in [2.75, 3.05) is 17.1 Å². The van der Waals surface area contributed by atoms with Gasteiger partial charge in [0.15, 0.2) is 0 Å². The molecular weight excluding hydrogens is 588 g/mol. The lowest BCUT2D eigenvalue weighted by Gasteiger charge is -2.32. The summed E-state index contributed by atoms with van der Waals surface area (Å²) in [7, 11) is -3.70. The van der Waals surface area contributed by atoms with Crippen LogP contribution in [0.15, 0.2) is 72.8 Å². The smallest absolute Gasteiger partial charge is 0.243 e. The second-order valence-corrected chi connectivity index (χ2v) is 12.8. The van der Waals surface area contributed by atoms with Gasteiger partial charge in [-0.2, -0.15) is 0 Å². The Kier molecular flexibility index (Phi) is 11.6. The Balaban J connectivity index is 1.90. The topological polar surface area (TPSA) is 86.8 Å². The third kappa shape index (κ3) is 9.73. The molecule has 2 amide bonds. The maximum Gasteiger partial charge on any atom is 0.243 e. The van der Waals surface area contributed by atoms with E-state index in [1.807, 2.05) is 44.2 Å². The normalized spacial score (nSPS) is 12.2. The molecule has 7 nitrogen and oxygen atoms in total. The number of hydrogen-bond acceptors (Lipinski definition) is 4. The van der Waals surface area contributed by atoms with Gasteiger partial charge < -0.3 is 10.2 Å². The minimum atomic E-state index is -3.70. The zero-order valence-electron chi connectivity index (χ0n) is 23.2. The third-order valence-corrected chi connectivity index (χ3v) is 8.24. The van der Waals surface area contributed by atoms with Gasteiger partial charge >= 0.3 is 0 Å². The van der Waals surface area contributed by atoms with Crippen LogP contribution in [-0.4, -0.2) is 50.0 Å². The van der Waals surface area contributed by atoms with Gasteiger partial charge in [0.1, 0.15) is 11.9 Å². The summed E-state index contributed by atoms with van der Waals surface area (Å²) < 4.78 is 39.5. The van der Waals surface area contributed by atoms with Gasteiger partial charge in [-0.25, -0.2) is 12.8 Å². The lowest BCUT2D eigenvalue weighted by Crippen LogP contribution is -2.51. The van der Waals surface area contributed by atoms with E-state index in [0.29, 0.717) is 21.3 Å². The largest absolute Gasteiger partial charge is 0.352 e. The highest BCUT2D eigenvalue weighted by atomic mass is 35.5. The first-order valence-electron chi connectivity index (χ1n) is 13.2. The van der Waals surface area contributed by atoms with Gasteiger partial charge in [-0.1, -0.05) is 59.6 Å². The molecule has 41 heavy (non-hydrogen) atoms. The second kappa shape index (κ2) is 14.7. The molecule has 0 radical (unpaired) electrons. The minimum Gasteiger partial charge on any atom is -0.352 e. The molecule has 1 unspecified atom stereocenters. The van der Waals surface area contributed by atoms with Crippen LogP contribution in [0.1, 0.15) is 37.8 Å². The van der Waals surface area contributed by atoms with Crippen LogP contribution in [0.4, 0.5) is 10.1 Å². The number of benzene rings is 3. The molecule has 0 fully saturated rings. The van der Waals surface area contributed by atoms with Crippen molar-refractivity contribution in [3.63, 3.8) is 0 Å². The van der Waals surface area contributed by atoms with E-state index in [4.69, 9.17) is 23.2 Å². The van der Waals surface area contributed by atoms with Crippen molar-refractivity contribution in [3.05, 3.63) is 99.8 Å². The van der Waals surface area contributed by atoms with Crippen LogP contribution in [0, 0.1) is 5.82 Å². The zero-order chi connectivity index (χ0) is 30.2. The fourth-order valence-corrected chi connectivity index (χ4v) is 5.67. The van der Waals surface area contributed by atoms with E-state index in [1.165, 1.54) is 29.2 Å². The summed E-state index contributed by atoms with van der Waals surface area (Å²) in [6, 6.07) is 18.5. The molecule has 0 saturated carbocycles. The van der Waals surface area contributed by atoms with E-state index in [1.54, 1.807) is 18.2 Å². The highest BCUT2D eigenvalue weighted by molar-refractivity contribution is 7.92. The summed E-state index contributed by atoms with van der Waals surface area (Å²) in [5, 5.41) is 3.62. The van der Waals surface area contributed by atoms with Crippen molar-refractivity contribution in [2.24, 2.45) is 0 Å². The van der Waals surface area contributed by atoms with Crippen LogP contribution >= 0.6 is 23.2 Å². The molecule has 0 heterocycles. The van der Waals surface area contributed by atoms with Crippen LogP contribution < -0.4 is 9.62 Å². The van der Waals surface area contributed by atoms with Gasteiger partial charge in [0.05, 0.1) is 22.0 Å². The molecule has 1 atom stereocenters. The third-order valence-electron chi connectivity index (χ3n) is 6.31. The number of anilines is 1. The minimum absolute atomic E-state index is 0.00163. The average Bonchev–Trinajstić information content (AvgIpc) is 2.90. The molecular formula is C30H34Cl2FN3O4S. The molecule has 0 spiro atoms. The molecule has 0 aliphatic heterocycles. The number of nitrogens with one attached hydrogen (secondary N) is 1. The van der Waals surface area contributed by atoms with Crippen molar-refractivity contribution < 1.29 is 22.4 Å². The molecule has 1 N–H and O–H groups in total. The number of carbonyl (C=O) groups is 2. The Morgan fingerprint density at radius 1 is 0.927 bits per heavy atom. The van der Waals surface area contributed by atoms with Crippen molar-refractivity contribution in [3.8, 4) is 0 Å². The van der Waals surface area contributed by atoms with E-state index in [0.717, 1.165) is 16.1 Å². The van der Waals surface area contributed by atoms with Crippen LogP contribution in [0.5, 0.6) is 0 Å².